The highest BCUT2D eigenvalue weighted by atomic mass is 16.1. The molecule has 2 aromatic rings. The van der Waals surface area contributed by atoms with Crippen molar-refractivity contribution in [3.63, 3.8) is 0 Å². The van der Waals surface area contributed by atoms with Crippen LogP contribution in [0, 0.1) is 6.92 Å². The molecule has 2 heterocycles. The number of carbonyl (C=O) groups excluding carboxylic acids is 1. The number of carbonyl (C=O) groups is 1. The molecule has 0 unspecified atom stereocenters. The Bertz CT molecular complexity index is 677. The second kappa shape index (κ2) is 3.73. The van der Waals surface area contributed by atoms with Gasteiger partial charge in [-0.25, -0.2) is 0 Å². The average Bonchev–Trinajstić information content (AvgIpc) is 2.79. The van der Waals surface area contributed by atoms with E-state index in [4.69, 9.17) is 0 Å². The van der Waals surface area contributed by atoms with Crippen LogP contribution in [0.3, 0.4) is 0 Å². The van der Waals surface area contributed by atoms with E-state index in [1.807, 2.05) is 44.3 Å². The zero-order chi connectivity index (χ0) is 12.9. The summed E-state index contributed by atoms with van der Waals surface area (Å²) >= 11 is 0. The fourth-order valence-electron chi connectivity index (χ4n) is 2.74. The molecule has 0 bridgehead atoms. The van der Waals surface area contributed by atoms with Gasteiger partial charge in [-0.2, -0.15) is 0 Å². The van der Waals surface area contributed by atoms with E-state index in [-0.39, 0.29) is 5.78 Å². The number of allylic oxidation sites excluding steroid dienone is 1. The maximum Gasteiger partial charge on any atom is 0.208 e. The molecule has 0 N–H and O–H groups in total. The summed E-state index contributed by atoms with van der Waals surface area (Å²) in [5, 5.41) is 1.18. The van der Waals surface area contributed by atoms with Crippen LogP contribution in [0.4, 0.5) is 0 Å². The van der Waals surface area contributed by atoms with E-state index in [1.165, 1.54) is 5.39 Å². The fraction of sp³-hybridized carbons (Fsp3) is 0.267. The largest absolute Gasteiger partial charge is 0.383 e. The predicted octanol–water partition coefficient (Wildman–Crippen LogP) is 2.59. The summed E-state index contributed by atoms with van der Waals surface area (Å²) in [4.78, 5) is 14.3. The zero-order valence-corrected chi connectivity index (χ0v) is 10.9. The normalized spacial score (nSPS) is 16.6. The molecule has 1 aliphatic heterocycles. The number of hydrogen-bond acceptors (Lipinski definition) is 2. The summed E-state index contributed by atoms with van der Waals surface area (Å²) < 4.78 is 2.13. The van der Waals surface area contributed by atoms with E-state index in [2.05, 4.69) is 16.7 Å². The third kappa shape index (κ3) is 1.40. The smallest absolute Gasteiger partial charge is 0.208 e. The lowest BCUT2D eigenvalue weighted by Crippen LogP contribution is -2.06. The molecule has 0 fully saturated rings. The van der Waals surface area contributed by atoms with Gasteiger partial charge in [0.2, 0.25) is 5.78 Å². The zero-order valence-electron chi connectivity index (χ0n) is 10.9. The molecule has 3 nitrogen and oxygen atoms in total. The van der Waals surface area contributed by atoms with Gasteiger partial charge in [0.15, 0.2) is 0 Å². The number of para-hydroxylation sites is 1. The summed E-state index contributed by atoms with van der Waals surface area (Å²) in [5.41, 5.74) is 3.96. The monoisotopic (exact) mass is 240 g/mol. The van der Waals surface area contributed by atoms with Gasteiger partial charge in [0.25, 0.3) is 0 Å². The Hall–Kier alpha value is -2.03. The van der Waals surface area contributed by atoms with Crippen LogP contribution in [-0.2, 0) is 6.54 Å². The van der Waals surface area contributed by atoms with Crippen LogP contribution in [0.2, 0.25) is 0 Å². The maximum atomic E-state index is 12.4. The minimum absolute atomic E-state index is 0.164. The van der Waals surface area contributed by atoms with Crippen molar-refractivity contribution >= 4 is 16.7 Å². The first kappa shape index (κ1) is 11.1. The molecule has 0 saturated carbocycles. The first-order valence-corrected chi connectivity index (χ1v) is 6.09. The number of fused-ring (bicyclic) bond motifs is 3. The van der Waals surface area contributed by atoms with Crippen LogP contribution < -0.4 is 0 Å². The molecule has 1 aromatic heterocycles. The summed E-state index contributed by atoms with van der Waals surface area (Å²) in [6, 6.07) is 8.20. The van der Waals surface area contributed by atoms with Gasteiger partial charge < -0.3 is 9.47 Å². The standard InChI is InChI=1S/C15H16N2O/c1-10-12-6-4-5-7-13(12)17-9-11(8-16(2)3)15(18)14(10)17/h4-8H,9H2,1-3H3/b11-8+. The molecular formula is C15H16N2O. The van der Waals surface area contributed by atoms with Gasteiger partial charge in [-0.15, -0.1) is 0 Å². The Morgan fingerprint density at radius 3 is 2.72 bits per heavy atom. The first-order valence-electron chi connectivity index (χ1n) is 6.09. The van der Waals surface area contributed by atoms with E-state index < -0.39 is 0 Å². The van der Waals surface area contributed by atoms with Crippen LogP contribution in [0.5, 0.6) is 0 Å². The van der Waals surface area contributed by atoms with Crippen LogP contribution >= 0.6 is 0 Å². The van der Waals surface area contributed by atoms with Gasteiger partial charge in [-0.05, 0) is 18.6 Å². The van der Waals surface area contributed by atoms with Crippen molar-refractivity contribution in [2.45, 2.75) is 13.5 Å². The minimum Gasteiger partial charge on any atom is -0.383 e. The molecule has 1 aromatic carbocycles. The first-order chi connectivity index (χ1) is 8.59. The second-order valence-electron chi connectivity index (χ2n) is 5.02. The van der Waals surface area contributed by atoms with Crippen LogP contribution in [0.25, 0.3) is 10.9 Å². The number of ketones is 1. The number of Topliss-reactive ketones (excluding diaryl/α,β-unsaturated/α-hetero) is 1. The van der Waals surface area contributed by atoms with Crippen molar-refractivity contribution in [1.82, 2.24) is 9.47 Å². The Labute approximate surface area is 106 Å². The van der Waals surface area contributed by atoms with E-state index in [1.54, 1.807) is 0 Å². The predicted molar refractivity (Wildman–Crippen MR) is 72.8 cm³/mol. The Morgan fingerprint density at radius 2 is 2.00 bits per heavy atom. The van der Waals surface area contributed by atoms with Gasteiger partial charge >= 0.3 is 0 Å². The van der Waals surface area contributed by atoms with Crippen molar-refractivity contribution in [2.24, 2.45) is 0 Å². The molecule has 0 amide bonds. The molecule has 3 heteroatoms. The molecule has 3 rings (SSSR count). The minimum atomic E-state index is 0.164. The molecule has 0 atom stereocenters. The average molecular weight is 240 g/mol. The third-order valence-electron chi connectivity index (χ3n) is 3.47. The quantitative estimate of drug-likeness (QED) is 0.716. The fourth-order valence-corrected chi connectivity index (χ4v) is 2.74. The van der Waals surface area contributed by atoms with Crippen molar-refractivity contribution in [2.75, 3.05) is 14.1 Å². The van der Waals surface area contributed by atoms with Gasteiger partial charge in [0, 0.05) is 36.8 Å². The van der Waals surface area contributed by atoms with E-state index in [9.17, 15) is 4.79 Å². The number of benzene rings is 1. The van der Waals surface area contributed by atoms with Gasteiger partial charge in [0.05, 0.1) is 12.2 Å². The van der Waals surface area contributed by atoms with Gasteiger partial charge in [-0.1, -0.05) is 18.2 Å². The number of nitrogens with zero attached hydrogens (tertiary/aromatic N) is 2. The van der Waals surface area contributed by atoms with Crippen LogP contribution in [-0.4, -0.2) is 29.3 Å². The van der Waals surface area contributed by atoms with Crippen molar-refractivity contribution < 1.29 is 4.79 Å². The van der Waals surface area contributed by atoms with Crippen LogP contribution in [0.1, 0.15) is 16.1 Å². The molecule has 0 saturated heterocycles. The lowest BCUT2D eigenvalue weighted by atomic mass is 10.1. The highest BCUT2D eigenvalue weighted by Crippen LogP contribution is 2.32. The molecular weight excluding hydrogens is 224 g/mol. The Kier molecular flexibility index (Phi) is 2.30. The highest BCUT2D eigenvalue weighted by Gasteiger charge is 2.29. The van der Waals surface area contributed by atoms with E-state index in [0.29, 0.717) is 6.54 Å². The van der Waals surface area contributed by atoms with Gasteiger partial charge in [0.1, 0.15) is 0 Å². The summed E-state index contributed by atoms with van der Waals surface area (Å²) in [6.45, 7) is 2.71. The van der Waals surface area contributed by atoms with Gasteiger partial charge in [-0.3, -0.25) is 4.79 Å². The highest BCUT2D eigenvalue weighted by molar-refractivity contribution is 6.14. The third-order valence-corrected chi connectivity index (χ3v) is 3.47. The molecule has 18 heavy (non-hydrogen) atoms. The SMILES string of the molecule is Cc1c2n(c3ccccc13)C/C(=C\N(C)C)C2=O. The number of hydrogen-bond donors (Lipinski definition) is 0. The van der Waals surface area contributed by atoms with E-state index >= 15 is 0 Å². The summed E-state index contributed by atoms with van der Waals surface area (Å²) in [7, 11) is 3.89. The second-order valence-corrected chi connectivity index (χ2v) is 5.02. The van der Waals surface area contributed by atoms with Crippen LogP contribution in [0.15, 0.2) is 36.0 Å². The topological polar surface area (TPSA) is 25.2 Å². The number of aryl methyl sites for hydroxylation is 1. The number of rotatable bonds is 1. The van der Waals surface area contributed by atoms with E-state index in [0.717, 1.165) is 22.3 Å². The number of aromatic nitrogens is 1. The lowest BCUT2D eigenvalue weighted by molar-refractivity contribution is 0.103. The lowest BCUT2D eigenvalue weighted by Gasteiger charge is -2.06. The Balaban J connectivity index is 2.23. The molecule has 1 aliphatic rings. The summed E-state index contributed by atoms with van der Waals surface area (Å²) in [5.74, 6) is 0.164. The molecule has 92 valence electrons. The Morgan fingerprint density at radius 1 is 1.28 bits per heavy atom. The maximum absolute atomic E-state index is 12.4. The van der Waals surface area contributed by atoms with Crippen molar-refractivity contribution in [3.8, 4) is 0 Å². The summed E-state index contributed by atoms with van der Waals surface area (Å²) in [6.07, 6.45) is 1.92. The van der Waals surface area contributed by atoms with Crippen molar-refractivity contribution in [3.05, 3.63) is 47.3 Å². The molecule has 0 radical (unpaired) electrons. The molecule has 0 spiro atoms. The molecule has 0 aliphatic carbocycles. The van der Waals surface area contributed by atoms with Crippen molar-refractivity contribution in [1.29, 1.82) is 0 Å².